The van der Waals surface area contributed by atoms with Crippen molar-refractivity contribution >= 4 is 23.1 Å². The molecule has 3 aromatic rings. The number of nitrogens with one attached hydrogen (secondary N) is 1. The first-order chi connectivity index (χ1) is 12.8. The van der Waals surface area contributed by atoms with Crippen LogP contribution < -0.4 is 9.47 Å². The maximum Gasteiger partial charge on any atom is 0.129 e. The topological polar surface area (TPSA) is 34.2 Å². The maximum absolute atomic E-state index is 5.41. The molecule has 0 radical (unpaired) electrons. The number of rotatable bonds is 8. The van der Waals surface area contributed by atoms with Gasteiger partial charge in [0.1, 0.15) is 11.5 Å². The second-order valence-electron chi connectivity index (χ2n) is 6.17. The number of methoxy groups -OCH3 is 2. The van der Waals surface area contributed by atoms with Gasteiger partial charge in [-0.05, 0) is 54.5 Å². The van der Waals surface area contributed by atoms with E-state index in [9.17, 15) is 0 Å². The third-order valence-electron chi connectivity index (χ3n) is 4.37. The van der Waals surface area contributed by atoms with Gasteiger partial charge in [-0.25, -0.2) is 0 Å². The molecule has 0 unspecified atom stereocenters. The molecule has 0 saturated carbocycles. The molecule has 3 rings (SSSR count). The summed E-state index contributed by atoms with van der Waals surface area (Å²) in [6.45, 7) is 0. The third-order valence-corrected chi connectivity index (χ3v) is 4.37. The third kappa shape index (κ3) is 4.57. The monoisotopic (exact) mass is 347 g/mol. The van der Waals surface area contributed by atoms with Crippen molar-refractivity contribution in [2.24, 2.45) is 0 Å². The Hall–Kier alpha value is -2.94. The first-order valence-electron chi connectivity index (χ1n) is 8.92. The molecule has 0 amide bonds. The summed E-state index contributed by atoms with van der Waals surface area (Å²) in [6, 6.07) is 14.5. The van der Waals surface area contributed by atoms with Gasteiger partial charge in [0.2, 0.25) is 0 Å². The predicted molar refractivity (Wildman–Crippen MR) is 110 cm³/mol. The summed E-state index contributed by atoms with van der Waals surface area (Å²) in [6.07, 6.45) is 13.9. The number of hydrogen-bond acceptors (Lipinski definition) is 2. The lowest BCUT2D eigenvalue weighted by molar-refractivity contribution is 0.393. The van der Waals surface area contributed by atoms with Gasteiger partial charge in [0, 0.05) is 23.3 Å². The molecular weight excluding hydrogens is 322 g/mol. The highest BCUT2D eigenvalue weighted by molar-refractivity contribution is 5.81. The van der Waals surface area contributed by atoms with Crippen molar-refractivity contribution in [1.29, 1.82) is 0 Å². The molecule has 1 aromatic heterocycles. The quantitative estimate of drug-likeness (QED) is 0.501. The van der Waals surface area contributed by atoms with Crippen LogP contribution in [0.3, 0.4) is 0 Å². The van der Waals surface area contributed by atoms with Crippen molar-refractivity contribution < 1.29 is 9.47 Å². The summed E-state index contributed by atoms with van der Waals surface area (Å²) in [5, 5.41) is 1.25. The molecule has 0 fully saturated rings. The Morgan fingerprint density at radius 3 is 2.54 bits per heavy atom. The molecule has 3 nitrogen and oxygen atoms in total. The van der Waals surface area contributed by atoms with Crippen LogP contribution in [0, 0.1) is 0 Å². The standard InChI is InChI=1S/C23H25NO2/c1-25-21-13-12-20(23(17-21)26-2)9-7-5-3-4-6-8-18-10-11-19-14-15-24-22(19)16-18/h6-17,24H,3-5H2,1-2H3/b8-6+,9-7+. The van der Waals surface area contributed by atoms with Crippen molar-refractivity contribution in [3.63, 3.8) is 0 Å². The minimum Gasteiger partial charge on any atom is -0.497 e. The maximum atomic E-state index is 5.41. The Balaban J connectivity index is 1.47. The van der Waals surface area contributed by atoms with Gasteiger partial charge in [0.15, 0.2) is 0 Å². The molecule has 0 bridgehead atoms. The molecule has 0 atom stereocenters. The number of ether oxygens (including phenoxy) is 2. The lowest BCUT2D eigenvalue weighted by Gasteiger charge is -2.07. The number of benzene rings is 2. The van der Waals surface area contributed by atoms with Crippen LogP contribution in [-0.2, 0) is 0 Å². The largest absolute Gasteiger partial charge is 0.497 e. The number of hydrogen-bond donors (Lipinski definition) is 1. The second kappa shape index (κ2) is 8.95. The van der Waals surface area contributed by atoms with E-state index in [0.717, 1.165) is 36.3 Å². The molecule has 2 aromatic carbocycles. The minimum absolute atomic E-state index is 0.807. The summed E-state index contributed by atoms with van der Waals surface area (Å²) in [7, 11) is 3.34. The van der Waals surface area contributed by atoms with Gasteiger partial charge in [0.05, 0.1) is 14.2 Å². The van der Waals surface area contributed by atoms with Crippen molar-refractivity contribution in [3.05, 3.63) is 71.9 Å². The fourth-order valence-electron chi connectivity index (χ4n) is 2.91. The molecule has 134 valence electrons. The van der Waals surface area contributed by atoms with E-state index in [1.54, 1.807) is 14.2 Å². The van der Waals surface area contributed by atoms with Gasteiger partial charge in [-0.15, -0.1) is 0 Å². The second-order valence-corrected chi connectivity index (χ2v) is 6.17. The molecule has 0 saturated heterocycles. The Morgan fingerprint density at radius 2 is 1.73 bits per heavy atom. The Kier molecular flexibility index (Phi) is 6.15. The zero-order chi connectivity index (χ0) is 18.2. The molecule has 1 N–H and O–H groups in total. The highest BCUT2D eigenvalue weighted by Crippen LogP contribution is 2.25. The smallest absolute Gasteiger partial charge is 0.129 e. The molecule has 0 spiro atoms. The van der Waals surface area contributed by atoms with E-state index in [1.807, 2.05) is 24.4 Å². The first-order valence-corrected chi connectivity index (χ1v) is 8.92. The van der Waals surface area contributed by atoms with Gasteiger partial charge in [-0.3, -0.25) is 0 Å². The number of H-pyrrole nitrogens is 1. The average molecular weight is 347 g/mol. The summed E-state index contributed by atoms with van der Waals surface area (Å²) >= 11 is 0. The van der Waals surface area contributed by atoms with Crippen LogP contribution in [0.2, 0.25) is 0 Å². The molecule has 0 aliphatic rings. The van der Waals surface area contributed by atoms with E-state index in [1.165, 1.54) is 16.5 Å². The number of fused-ring (bicyclic) bond motifs is 1. The number of aromatic amines is 1. The Labute approximate surface area is 155 Å². The fourth-order valence-corrected chi connectivity index (χ4v) is 2.91. The van der Waals surface area contributed by atoms with E-state index < -0.39 is 0 Å². The molecule has 3 heteroatoms. The zero-order valence-corrected chi connectivity index (χ0v) is 15.4. The summed E-state index contributed by atoms with van der Waals surface area (Å²) < 4.78 is 10.6. The van der Waals surface area contributed by atoms with Crippen LogP contribution in [0.1, 0.15) is 30.4 Å². The number of unbranched alkanes of at least 4 members (excludes halogenated alkanes) is 2. The number of aromatic nitrogens is 1. The summed E-state index contributed by atoms with van der Waals surface area (Å²) in [4.78, 5) is 3.25. The Morgan fingerprint density at radius 1 is 0.885 bits per heavy atom. The van der Waals surface area contributed by atoms with Crippen molar-refractivity contribution in [3.8, 4) is 11.5 Å². The van der Waals surface area contributed by atoms with Crippen LogP contribution in [-0.4, -0.2) is 19.2 Å². The Bertz CT molecular complexity index is 905. The van der Waals surface area contributed by atoms with Gasteiger partial charge >= 0.3 is 0 Å². The lowest BCUT2D eigenvalue weighted by atomic mass is 10.1. The molecular formula is C23H25NO2. The van der Waals surface area contributed by atoms with Crippen molar-refractivity contribution in [1.82, 2.24) is 4.98 Å². The van der Waals surface area contributed by atoms with Crippen LogP contribution >= 0.6 is 0 Å². The normalized spacial score (nSPS) is 11.6. The van der Waals surface area contributed by atoms with Crippen molar-refractivity contribution in [2.75, 3.05) is 14.2 Å². The van der Waals surface area contributed by atoms with Gasteiger partial charge in [-0.2, -0.15) is 0 Å². The van der Waals surface area contributed by atoms with E-state index >= 15 is 0 Å². The first kappa shape index (κ1) is 17.9. The zero-order valence-electron chi connectivity index (χ0n) is 15.4. The van der Waals surface area contributed by atoms with Crippen LogP contribution in [0.5, 0.6) is 11.5 Å². The molecule has 0 aliphatic carbocycles. The van der Waals surface area contributed by atoms with Gasteiger partial charge in [0.25, 0.3) is 0 Å². The summed E-state index contributed by atoms with van der Waals surface area (Å²) in [5.74, 6) is 1.64. The van der Waals surface area contributed by atoms with Gasteiger partial charge < -0.3 is 14.5 Å². The van der Waals surface area contributed by atoms with E-state index in [-0.39, 0.29) is 0 Å². The number of allylic oxidation sites excluding steroid dienone is 2. The van der Waals surface area contributed by atoms with Crippen LogP contribution in [0.15, 0.2) is 60.8 Å². The highest BCUT2D eigenvalue weighted by atomic mass is 16.5. The fraction of sp³-hybridized carbons (Fsp3) is 0.217. The highest BCUT2D eigenvalue weighted by Gasteiger charge is 2.01. The van der Waals surface area contributed by atoms with Crippen molar-refractivity contribution in [2.45, 2.75) is 19.3 Å². The van der Waals surface area contributed by atoms with E-state index in [4.69, 9.17) is 9.47 Å². The summed E-state index contributed by atoms with van der Waals surface area (Å²) in [5.41, 5.74) is 3.49. The molecule has 26 heavy (non-hydrogen) atoms. The van der Waals surface area contributed by atoms with Crippen LogP contribution in [0.25, 0.3) is 23.1 Å². The SMILES string of the molecule is COc1ccc(/C=C/CCC/C=C/c2ccc3cc[nH]c3c2)c(OC)c1. The van der Waals surface area contributed by atoms with E-state index in [2.05, 4.69) is 53.6 Å². The minimum atomic E-state index is 0.807. The molecule has 0 aliphatic heterocycles. The van der Waals surface area contributed by atoms with E-state index in [0.29, 0.717) is 0 Å². The average Bonchev–Trinajstić information content (AvgIpc) is 3.15. The molecule has 1 heterocycles. The van der Waals surface area contributed by atoms with Crippen LogP contribution in [0.4, 0.5) is 0 Å². The predicted octanol–water partition coefficient (Wildman–Crippen LogP) is 6.08. The van der Waals surface area contributed by atoms with Gasteiger partial charge in [-0.1, -0.05) is 36.4 Å². The lowest BCUT2D eigenvalue weighted by Crippen LogP contribution is -1.89.